The monoisotopic (exact) mass is 859 g/mol. The van der Waals surface area contributed by atoms with Gasteiger partial charge in [0, 0.05) is 64.6 Å². The van der Waals surface area contributed by atoms with Crippen LogP contribution in [-0.2, 0) is 30.3 Å². The zero-order valence-corrected chi connectivity index (χ0v) is 33.9. The number of benzene rings is 2. The van der Waals surface area contributed by atoms with Crippen LogP contribution < -0.4 is 0 Å². The molecule has 6 aromatic rings. The Hall–Kier alpha value is -2.83. The SMILES string of the molecule is CCC(C)(CC)C(=O)/C=C(\O)C(C)(CC)CC.Cc1cc2ccc3c(oc4ccnc(-c5[c-]c6ccsc6c(C(C)(C)C)c5)c43)c2s1.[Ir]. The minimum atomic E-state index is -0.337. The van der Waals surface area contributed by atoms with Gasteiger partial charge >= 0.3 is 0 Å². The van der Waals surface area contributed by atoms with E-state index in [2.05, 4.69) is 69.5 Å². The number of pyridine rings is 1. The Morgan fingerprint density at radius 3 is 2.23 bits per heavy atom. The maximum Gasteiger partial charge on any atom is 0.164 e. The Balaban J connectivity index is 0.000000251. The van der Waals surface area contributed by atoms with E-state index in [9.17, 15) is 9.90 Å². The van der Waals surface area contributed by atoms with Crippen LogP contribution in [0.4, 0.5) is 0 Å². The van der Waals surface area contributed by atoms with Crippen molar-refractivity contribution in [3.05, 3.63) is 76.3 Å². The number of carbonyl (C=O) groups is 1. The van der Waals surface area contributed by atoms with Crippen LogP contribution in [0, 0.1) is 23.8 Å². The van der Waals surface area contributed by atoms with Gasteiger partial charge in [0.15, 0.2) is 11.4 Å². The third-order valence-corrected chi connectivity index (χ3v) is 12.3. The van der Waals surface area contributed by atoms with Crippen LogP contribution in [0.1, 0.15) is 98.4 Å². The van der Waals surface area contributed by atoms with Crippen molar-refractivity contribution in [3.8, 4) is 11.3 Å². The summed E-state index contributed by atoms with van der Waals surface area (Å²) in [6.07, 6.45) is 6.60. The molecule has 4 heterocycles. The number of nitrogens with zero attached hydrogens (tertiary/aromatic N) is 1. The summed E-state index contributed by atoms with van der Waals surface area (Å²) in [5.74, 6) is 0.286. The molecule has 4 nitrogen and oxygen atoms in total. The third-order valence-electron chi connectivity index (χ3n) is 10.3. The number of aryl methyl sites for hydroxylation is 1. The van der Waals surface area contributed by atoms with Crippen molar-refractivity contribution < 1.29 is 34.4 Å². The number of hydrogen-bond acceptors (Lipinski definition) is 6. The number of allylic oxidation sites excluding steroid dienone is 2. The van der Waals surface area contributed by atoms with Crippen molar-refractivity contribution in [2.24, 2.45) is 10.8 Å². The second-order valence-corrected chi connectivity index (χ2v) is 16.5. The molecule has 2 aromatic carbocycles. The number of thiophene rings is 2. The van der Waals surface area contributed by atoms with Crippen molar-refractivity contribution in [2.75, 3.05) is 0 Å². The van der Waals surface area contributed by atoms with Crippen molar-refractivity contribution >= 4 is 70.6 Å². The summed E-state index contributed by atoms with van der Waals surface area (Å²) in [7, 11) is 0. The Bertz CT molecular complexity index is 2100. The molecule has 0 aliphatic rings. The fourth-order valence-electron chi connectivity index (χ4n) is 5.98. The molecule has 0 saturated carbocycles. The molecule has 6 rings (SSSR count). The molecule has 48 heavy (non-hydrogen) atoms. The number of ketones is 1. The fraction of sp³-hybridized carbons (Fsp3) is 0.415. The Labute approximate surface area is 307 Å². The van der Waals surface area contributed by atoms with Crippen LogP contribution >= 0.6 is 22.7 Å². The van der Waals surface area contributed by atoms with E-state index in [-0.39, 0.29) is 47.9 Å². The fourth-order valence-corrected chi connectivity index (χ4v) is 8.06. The number of fused-ring (bicyclic) bond motifs is 6. The average molecular weight is 859 g/mol. The number of aliphatic hydroxyl groups excluding tert-OH is 1. The van der Waals surface area contributed by atoms with E-state index in [1.54, 1.807) is 22.7 Å². The van der Waals surface area contributed by atoms with Gasteiger partial charge < -0.3 is 9.52 Å². The molecule has 4 aromatic heterocycles. The predicted molar refractivity (Wildman–Crippen MR) is 203 cm³/mol. The van der Waals surface area contributed by atoms with Gasteiger partial charge in [0.2, 0.25) is 0 Å². The smallest absolute Gasteiger partial charge is 0.164 e. The molecule has 7 heteroatoms. The number of rotatable bonds is 8. The first-order chi connectivity index (χ1) is 22.2. The summed E-state index contributed by atoms with van der Waals surface area (Å²) >= 11 is 3.57. The van der Waals surface area contributed by atoms with Gasteiger partial charge in [-0.15, -0.1) is 34.9 Å². The first-order valence-corrected chi connectivity index (χ1v) is 18.5. The van der Waals surface area contributed by atoms with Gasteiger partial charge in [0.05, 0.1) is 4.70 Å². The van der Waals surface area contributed by atoms with Crippen molar-refractivity contribution in [2.45, 2.75) is 100 Å². The molecular weight excluding hydrogens is 811 g/mol. The number of hydrogen-bond donors (Lipinski definition) is 1. The third kappa shape index (κ3) is 7.07. The molecule has 257 valence electrons. The molecule has 0 aliphatic carbocycles. The summed E-state index contributed by atoms with van der Waals surface area (Å²) in [5, 5.41) is 16.9. The van der Waals surface area contributed by atoms with Gasteiger partial charge in [0.1, 0.15) is 11.3 Å². The van der Waals surface area contributed by atoms with Gasteiger partial charge in [-0.3, -0.25) is 9.78 Å². The number of aromatic nitrogens is 1. The quantitative estimate of drug-likeness (QED) is 0.0941. The van der Waals surface area contributed by atoms with Gasteiger partial charge in [-0.2, -0.15) is 11.3 Å². The Morgan fingerprint density at radius 1 is 0.938 bits per heavy atom. The van der Waals surface area contributed by atoms with Gasteiger partial charge in [-0.05, 0) is 65.6 Å². The van der Waals surface area contributed by atoms with E-state index in [1.807, 2.05) is 53.8 Å². The molecule has 0 aliphatic heterocycles. The molecular formula is C41H48IrNO3S2-. The van der Waals surface area contributed by atoms with Crippen molar-refractivity contribution in [1.29, 1.82) is 0 Å². The van der Waals surface area contributed by atoms with Gasteiger partial charge in [0.25, 0.3) is 0 Å². The first-order valence-electron chi connectivity index (χ1n) is 16.8. The minimum absolute atomic E-state index is 0. The topological polar surface area (TPSA) is 63.3 Å². The average Bonchev–Trinajstić information content (AvgIpc) is 3.79. The number of aliphatic hydroxyl groups is 1. The molecule has 0 spiro atoms. The number of carbonyl (C=O) groups excluding carboxylic acids is 1. The van der Waals surface area contributed by atoms with Crippen LogP contribution in [0.3, 0.4) is 0 Å². The van der Waals surface area contributed by atoms with E-state index < -0.39 is 0 Å². The molecule has 0 unspecified atom stereocenters. The number of furan rings is 1. The second kappa shape index (κ2) is 14.6. The summed E-state index contributed by atoms with van der Waals surface area (Å²) in [5.41, 5.74) is 4.59. The van der Waals surface area contributed by atoms with E-state index in [0.29, 0.717) is 0 Å². The van der Waals surface area contributed by atoms with Crippen molar-refractivity contribution in [3.63, 3.8) is 0 Å². The molecule has 0 saturated heterocycles. The van der Waals surface area contributed by atoms with Crippen LogP contribution in [-0.4, -0.2) is 15.9 Å². The van der Waals surface area contributed by atoms with E-state index >= 15 is 0 Å². The molecule has 0 atom stereocenters. The van der Waals surface area contributed by atoms with E-state index in [0.717, 1.165) is 64.3 Å². The van der Waals surface area contributed by atoms with Crippen LogP contribution in [0.25, 0.3) is 53.4 Å². The second-order valence-electron chi connectivity index (χ2n) is 14.3. The molecule has 0 bridgehead atoms. The standard InChI is InChI=1S/C26H20NOS2.C15H28O2.Ir/c1-14-11-15-5-6-18-21-20(28-23(18)25(15)30-14)7-9-27-22(21)17-12-16-8-10-29-24(16)19(13-17)26(2,3)4;1-7-14(5,8-2)12(16)11-13(17)15(6,9-3)10-4;/h5-11,13H,1-4H3;11,16H,7-10H2,1-6H3;/q-1;;/b;12-11-;. The zero-order valence-electron chi connectivity index (χ0n) is 29.9. The van der Waals surface area contributed by atoms with E-state index in [1.165, 1.54) is 31.3 Å². The van der Waals surface area contributed by atoms with Crippen LogP contribution in [0.5, 0.6) is 0 Å². The summed E-state index contributed by atoms with van der Waals surface area (Å²) in [6.45, 7) is 21.0. The summed E-state index contributed by atoms with van der Waals surface area (Å²) in [4.78, 5) is 18.3. The van der Waals surface area contributed by atoms with Crippen molar-refractivity contribution in [1.82, 2.24) is 4.98 Å². The normalized spacial score (nSPS) is 12.8. The largest absolute Gasteiger partial charge is 0.512 e. The Kier molecular flexibility index (Phi) is 11.5. The molecule has 0 amide bonds. The van der Waals surface area contributed by atoms with E-state index in [4.69, 9.17) is 9.40 Å². The summed E-state index contributed by atoms with van der Waals surface area (Å²) < 4.78 is 8.89. The summed E-state index contributed by atoms with van der Waals surface area (Å²) in [6, 6.07) is 16.6. The maximum atomic E-state index is 12.2. The van der Waals surface area contributed by atoms with Crippen LogP contribution in [0.2, 0.25) is 0 Å². The predicted octanol–water partition coefficient (Wildman–Crippen LogP) is 13.1. The van der Waals surface area contributed by atoms with Crippen LogP contribution in [0.15, 0.2) is 64.2 Å². The Morgan fingerprint density at radius 2 is 1.60 bits per heavy atom. The molecule has 0 fully saturated rings. The van der Waals surface area contributed by atoms with Gasteiger partial charge in [-0.1, -0.05) is 85.6 Å². The minimum Gasteiger partial charge on any atom is -0.512 e. The molecule has 1 N–H and O–H groups in total. The zero-order chi connectivity index (χ0) is 34.3. The maximum absolute atomic E-state index is 12.2. The first kappa shape index (κ1) is 38.0. The molecule has 1 radical (unpaired) electrons. The van der Waals surface area contributed by atoms with Gasteiger partial charge in [-0.25, -0.2) is 0 Å².